The van der Waals surface area contributed by atoms with Crippen LogP contribution >= 0.6 is 0 Å². The highest BCUT2D eigenvalue weighted by Crippen LogP contribution is 2.47. The van der Waals surface area contributed by atoms with Gasteiger partial charge in [0.15, 0.2) is 0 Å². The van der Waals surface area contributed by atoms with Crippen molar-refractivity contribution in [1.29, 1.82) is 0 Å². The van der Waals surface area contributed by atoms with E-state index in [4.69, 9.17) is 9.47 Å². The predicted molar refractivity (Wildman–Crippen MR) is 131 cm³/mol. The lowest BCUT2D eigenvalue weighted by molar-refractivity contribution is -0.138. The number of nitrogens with zero attached hydrogens (tertiary/aromatic N) is 1. The van der Waals surface area contributed by atoms with Gasteiger partial charge in [-0.25, -0.2) is 4.79 Å². The Morgan fingerprint density at radius 3 is 2.41 bits per heavy atom. The van der Waals surface area contributed by atoms with Gasteiger partial charge in [0, 0.05) is 18.8 Å². The summed E-state index contributed by atoms with van der Waals surface area (Å²) in [5.41, 5.74) is 1.41. The number of hydrogen-bond acceptors (Lipinski definition) is 6. The van der Waals surface area contributed by atoms with Crippen LogP contribution in [0.4, 0.5) is 5.69 Å². The Hall–Kier alpha value is -3.42. The summed E-state index contributed by atoms with van der Waals surface area (Å²) in [5.74, 6) is -0.866. The largest absolute Gasteiger partial charge is 0.466 e. The number of benzene rings is 2. The summed E-state index contributed by atoms with van der Waals surface area (Å²) in [6, 6.07) is 19.4. The van der Waals surface area contributed by atoms with Gasteiger partial charge in [-0.1, -0.05) is 54.6 Å². The maximum absolute atomic E-state index is 13.2. The first-order valence-corrected chi connectivity index (χ1v) is 11.4. The maximum Gasteiger partial charge on any atom is 0.337 e. The topological polar surface area (TPSA) is 79.9 Å². The molecule has 0 aromatic heterocycles. The van der Waals surface area contributed by atoms with E-state index >= 15 is 0 Å². The Morgan fingerprint density at radius 2 is 1.76 bits per heavy atom. The summed E-state index contributed by atoms with van der Waals surface area (Å²) in [4.78, 5) is 28.3. The van der Waals surface area contributed by atoms with Crippen molar-refractivity contribution in [1.82, 2.24) is 10.2 Å². The fourth-order valence-corrected chi connectivity index (χ4v) is 4.54. The minimum Gasteiger partial charge on any atom is -0.466 e. The van der Waals surface area contributed by atoms with E-state index < -0.39 is 17.7 Å². The van der Waals surface area contributed by atoms with E-state index in [9.17, 15) is 9.59 Å². The molecule has 3 unspecified atom stereocenters. The van der Waals surface area contributed by atoms with Gasteiger partial charge in [-0.05, 0) is 44.3 Å². The van der Waals surface area contributed by atoms with Crippen LogP contribution in [0.1, 0.15) is 5.56 Å². The molecule has 7 heteroatoms. The minimum atomic E-state index is -1.14. The molecule has 34 heavy (non-hydrogen) atoms. The van der Waals surface area contributed by atoms with E-state index in [0.29, 0.717) is 25.1 Å². The van der Waals surface area contributed by atoms with Gasteiger partial charge in [-0.15, -0.1) is 0 Å². The standard InChI is InChI=1S/C27H31N3O4/c1-30(2)17-16-28-25(31)23-21-14-15-27(34-21,24(23)26(32)33-3)22(18-19-10-6-4-7-11-19)29-20-12-8-5-9-13-20/h4-15,21-22,29H,16-18H2,1-3H3,(H,28,31). The molecular formula is C27H31N3O4. The molecule has 4 rings (SSSR count). The van der Waals surface area contributed by atoms with Crippen molar-refractivity contribution < 1.29 is 19.1 Å². The van der Waals surface area contributed by atoms with Crippen LogP contribution in [-0.4, -0.2) is 68.8 Å². The number of para-hydroxylation sites is 1. The number of carbonyl (C=O) groups is 2. The number of ether oxygens (including phenoxy) is 2. The Morgan fingerprint density at radius 1 is 1.09 bits per heavy atom. The van der Waals surface area contributed by atoms with Crippen molar-refractivity contribution in [2.24, 2.45) is 0 Å². The minimum absolute atomic E-state index is 0.259. The number of fused-ring (bicyclic) bond motifs is 2. The molecule has 2 aromatic carbocycles. The molecule has 0 saturated carbocycles. The third-order valence-electron chi connectivity index (χ3n) is 6.18. The SMILES string of the molecule is COC(=O)C1=C(C(=O)NCCN(C)C)C2C=CC1(C(Cc1ccccc1)Nc1ccccc1)O2. The summed E-state index contributed by atoms with van der Waals surface area (Å²) >= 11 is 0. The summed E-state index contributed by atoms with van der Waals surface area (Å²) in [6.45, 7) is 1.15. The molecule has 1 amide bonds. The molecule has 0 saturated heterocycles. The zero-order valence-electron chi connectivity index (χ0n) is 19.8. The number of esters is 1. The highest BCUT2D eigenvalue weighted by atomic mass is 16.5. The number of rotatable bonds is 10. The smallest absolute Gasteiger partial charge is 0.337 e. The summed E-state index contributed by atoms with van der Waals surface area (Å²) in [7, 11) is 5.21. The Balaban J connectivity index is 1.73. The van der Waals surface area contributed by atoms with Crippen molar-refractivity contribution in [3.05, 3.63) is 89.5 Å². The van der Waals surface area contributed by atoms with Crippen LogP contribution < -0.4 is 10.6 Å². The molecule has 2 aromatic rings. The fraction of sp³-hybridized carbons (Fsp3) is 0.333. The molecule has 0 spiro atoms. The summed E-state index contributed by atoms with van der Waals surface area (Å²) in [5, 5.41) is 6.48. The monoisotopic (exact) mass is 461 g/mol. The maximum atomic E-state index is 13.2. The zero-order chi connectivity index (χ0) is 24.1. The molecule has 2 aliphatic rings. The van der Waals surface area contributed by atoms with Gasteiger partial charge in [0.1, 0.15) is 11.7 Å². The summed E-state index contributed by atoms with van der Waals surface area (Å²) < 4.78 is 11.6. The second-order valence-corrected chi connectivity index (χ2v) is 8.78. The second kappa shape index (κ2) is 10.2. The number of methoxy groups -OCH3 is 1. The third kappa shape index (κ3) is 4.76. The molecule has 2 heterocycles. The van der Waals surface area contributed by atoms with Crippen molar-refractivity contribution >= 4 is 17.6 Å². The zero-order valence-corrected chi connectivity index (χ0v) is 19.8. The van der Waals surface area contributed by atoms with E-state index in [1.807, 2.05) is 91.8 Å². The highest BCUT2D eigenvalue weighted by Gasteiger charge is 2.58. The Kier molecular flexibility index (Phi) is 7.14. The van der Waals surface area contributed by atoms with E-state index in [1.54, 1.807) is 0 Å². The molecule has 2 aliphatic heterocycles. The normalized spacial score (nSPS) is 21.6. The third-order valence-corrected chi connectivity index (χ3v) is 6.18. The fourth-order valence-electron chi connectivity index (χ4n) is 4.54. The molecular weight excluding hydrogens is 430 g/mol. The van der Waals surface area contributed by atoms with Crippen LogP contribution in [0.25, 0.3) is 0 Å². The first kappa shape index (κ1) is 23.7. The Bertz CT molecular complexity index is 1040. The van der Waals surface area contributed by atoms with Crippen molar-refractivity contribution in [2.75, 3.05) is 39.6 Å². The predicted octanol–water partition coefficient (Wildman–Crippen LogP) is 2.56. The van der Waals surface area contributed by atoms with Crippen LogP contribution in [-0.2, 0) is 25.5 Å². The van der Waals surface area contributed by atoms with Crippen LogP contribution in [0.5, 0.6) is 0 Å². The van der Waals surface area contributed by atoms with Gasteiger partial charge in [0.25, 0.3) is 5.91 Å². The quantitative estimate of drug-likeness (QED) is 0.418. The van der Waals surface area contributed by atoms with Crippen molar-refractivity contribution in [3.63, 3.8) is 0 Å². The highest BCUT2D eigenvalue weighted by molar-refractivity contribution is 6.07. The van der Waals surface area contributed by atoms with Gasteiger partial charge < -0.3 is 25.0 Å². The number of amides is 1. The van der Waals surface area contributed by atoms with E-state index in [-0.39, 0.29) is 17.5 Å². The van der Waals surface area contributed by atoms with Gasteiger partial charge in [0.2, 0.25) is 0 Å². The van der Waals surface area contributed by atoms with Gasteiger partial charge in [-0.3, -0.25) is 4.79 Å². The second-order valence-electron chi connectivity index (χ2n) is 8.78. The van der Waals surface area contributed by atoms with Crippen LogP contribution in [0, 0.1) is 0 Å². The van der Waals surface area contributed by atoms with Gasteiger partial charge in [-0.2, -0.15) is 0 Å². The lowest BCUT2D eigenvalue weighted by atomic mass is 9.79. The number of nitrogens with one attached hydrogen (secondary N) is 2. The van der Waals surface area contributed by atoms with Crippen LogP contribution in [0.2, 0.25) is 0 Å². The van der Waals surface area contributed by atoms with Crippen molar-refractivity contribution in [2.45, 2.75) is 24.2 Å². The van der Waals surface area contributed by atoms with Gasteiger partial charge >= 0.3 is 5.97 Å². The number of carbonyl (C=O) groups excluding carboxylic acids is 2. The molecule has 3 atom stereocenters. The van der Waals surface area contributed by atoms with Crippen molar-refractivity contribution in [3.8, 4) is 0 Å². The van der Waals surface area contributed by atoms with Crippen LogP contribution in [0.15, 0.2) is 84.0 Å². The average molecular weight is 462 g/mol. The Labute approximate surface area is 200 Å². The van der Waals surface area contributed by atoms with Gasteiger partial charge in [0.05, 0.1) is 24.3 Å². The molecule has 178 valence electrons. The first-order chi connectivity index (χ1) is 16.4. The molecule has 0 radical (unpaired) electrons. The van der Waals surface area contributed by atoms with E-state index in [0.717, 1.165) is 11.3 Å². The molecule has 0 aliphatic carbocycles. The molecule has 2 bridgehead atoms. The first-order valence-electron chi connectivity index (χ1n) is 11.4. The van der Waals surface area contributed by atoms with Crippen LogP contribution in [0.3, 0.4) is 0 Å². The number of likely N-dealkylation sites (N-methyl/N-ethyl adjacent to an activating group) is 1. The van der Waals surface area contributed by atoms with E-state index in [2.05, 4.69) is 10.6 Å². The summed E-state index contributed by atoms with van der Waals surface area (Å²) in [6.07, 6.45) is 3.72. The number of hydrogen-bond donors (Lipinski definition) is 2. The van der Waals surface area contributed by atoms with E-state index in [1.165, 1.54) is 7.11 Å². The molecule has 7 nitrogen and oxygen atoms in total. The molecule has 2 N–H and O–H groups in total. The lowest BCUT2D eigenvalue weighted by Crippen LogP contribution is -2.49. The average Bonchev–Trinajstić information content (AvgIpc) is 3.42. The lowest BCUT2D eigenvalue weighted by Gasteiger charge is -2.36. The molecule has 0 fully saturated rings. The number of anilines is 1.